The van der Waals surface area contributed by atoms with Crippen LogP contribution in [0.15, 0.2) is 35.4 Å². The molecule has 0 fully saturated rings. The zero-order valence-electron chi connectivity index (χ0n) is 12.6. The molecule has 0 aliphatic carbocycles. The summed E-state index contributed by atoms with van der Waals surface area (Å²) in [5.74, 6) is -0.799. The number of amides is 1. The molecule has 0 bridgehead atoms. The van der Waals surface area contributed by atoms with Gasteiger partial charge in [0.15, 0.2) is 5.52 Å². The molecule has 23 heavy (non-hydrogen) atoms. The normalized spacial score (nSPS) is 10.9. The Morgan fingerprint density at radius 3 is 2.65 bits per heavy atom. The van der Waals surface area contributed by atoms with Gasteiger partial charge in [-0.2, -0.15) is 5.10 Å². The minimum Gasteiger partial charge on any atom is -0.325 e. The highest BCUT2D eigenvalue weighted by molar-refractivity contribution is 5.90. The number of hydrogen-bond donors (Lipinski definition) is 1. The van der Waals surface area contributed by atoms with Crippen molar-refractivity contribution < 1.29 is 9.18 Å². The number of carbonyl (C=O) groups excluding carboxylic acids is 1. The standard InChI is InChI=1S/C15H14FN5O2/c1-9-13-14(19-20(9)2)15(23)21(8-17-13)7-12(22)18-11-5-3-10(16)4-6-11/h3-6,8H,7H2,1-2H3,(H,18,22). The third-order valence-corrected chi connectivity index (χ3v) is 3.53. The summed E-state index contributed by atoms with van der Waals surface area (Å²) in [6.45, 7) is 1.61. The summed E-state index contributed by atoms with van der Waals surface area (Å²) < 4.78 is 15.6. The average molecular weight is 315 g/mol. The first-order valence-corrected chi connectivity index (χ1v) is 6.90. The van der Waals surface area contributed by atoms with Gasteiger partial charge in [-0.15, -0.1) is 0 Å². The van der Waals surface area contributed by atoms with Gasteiger partial charge in [0.25, 0.3) is 5.56 Å². The van der Waals surface area contributed by atoms with Gasteiger partial charge in [0.2, 0.25) is 5.91 Å². The van der Waals surface area contributed by atoms with Crippen molar-refractivity contribution in [3.8, 4) is 0 Å². The molecule has 1 amide bonds. The largest absolute Gasteiger partial charge is 0.325 e. The van der Waals surface area contributed by atoms with Gasteiger partial charge in [-0.25, -0.2) is 9.37 Å². The molecule has 0 atom stereocenters. The molecule has 0 spiro atoms. The van der Waals surface area contributed by atoms with Crippen molar-refractivity contribution in [2.75, 3.05) is 5.32 Å². The zero-order chi connectivity index (χ0) is 16.6. The van der Waals surface area contributed by atoms with Crippen LogP contribution in [0.3, 0.4) is 0 Å². The topological polar surface area (TPSA) is 81.8 Å². The second-order valence-electron chi connectivity index (χ2n) is 5.14. The number of hydrogen-bond acceptors (Lipinski definition) is 4. The Bertz CT molecular complexity index is 943. The van der Waals surface area contributed by atoms with Crippen molar-refractivity contribution in [2.24, 2.45) is 7.05 Å². The lowest BCUT2D eigenvalue weighted by molar-refractivity contribution is -0.116. The Balaban J connectivity index is 1.83. The molecule has 118 valence electrons. The molecular formula is C15H14FN5O2. The number of benzene rings is 1. The van der Waals surface area contributed by atoms with Crippen molar-refractivity contribution >= 4 is 22.6 Å². The second-order valence-corrected chi connectivity index (χ2v) is 5.14. The predicted molar refractivity (Wildman–Crippen MR) is 82.5 cm³/mol. The molecule has 0 radical (unpaired) electrons. The Labute approximate surface area is 130 Å². The molecular weight excluding hydrogens is 301 g/mol. The van der Waals surface area contributed by atoms with E-state index in [1.54, 1.807) is 11.7 Å². The number of aromatic nitrogens is 4. The Morgan fingerprint density at radius 1 is 1.26 bits per heavy atom. The van der Waals surface area contributed by atoms with Crippen LogP contribution in [0.4, 0.5) is 10.1 Å². The van der Waals surface area contributed by atoms with E-state index in [1.807, 2.05) is 6.92 Å². The van der Waals surface area contributed by atoms with Crippen LogP contribution in [0.1, 0.15) is 5.69 Å². The molecule has 3 rings (SSSR count). The Kier molecular flexibility index (Phi) is 3.65. The second kappa shape index (κ2) is 5.64. The van der Waals surface area contributed by atoms with Crippen LogP contribution in [0.25, 0.3) is 11.0 Å². The highest BCUT2D eigenvalue weighted by atomic mass is 19.1. The van der Waals surface area contributed by atoms with Crippen LogP contribution in [0, 0.1) is 12.7 Å². The number of rotatable bonds is 3. The molecule has 0 saturated carbocycles. The first-order valence-electron chi connectivity index (χ1n) is 6.90. The maximum Gasteiger partial charge on any atom is 0.282 e. The van der Waals surface area contributed by atoms with E-state index in [0.29, 0.717) is 11.2 Å². The quantitative estimate of drug-likeness (QED) is 0.788. The first-order chi connectivity index (χ1) is 11.0. The number of nitrogens with zero attached hydrogens (tertiary/aromatic N) is 4. The SMILES string of the molecule is Cc1c2ncn(CC(=O)Nc3ccc(F)cc3)c(=O)c2nn1C. The highest BCUT2D eigenvalue weighted by Crippen LogP contribution is 2.10. The van der Waals surface area contributed by atoms with Crippen molar-refractivity contribution in [1.29, 1.82) is 0 Å². The number of anilines is 1. The average Bonchev–Trinajstić information content (AvgIpc) is 2.81. The molecule has 0 unspecified atom stereocenters. The van der Waals surface area contributed by atoms with Gasteiger partial charge in [0.1, 0.15) is 17.9 Å². The van der Waals surface area contributed by atoms with E-state index < -0.39 is 5.91 Å². The van der Waals surface area contributed by atoms with Crippen molar-refractivity contribution in [3.63, 3.8) is 0 Å². The monoisotopic (exact) mass is 315 g/mol. The smallest absolute Gasteiger partial charge is 0.282 e. The van der Waals surface area contributed by atoms with Crippen molar-refractivity contribution in [3.05, 3.63) is 52.5 Å². The third-order valence-electron chi connectivity index (χ3n) is 3.53. The summed E-state index contributed by atoms with van der Waals surface area (Å²) in [4.78, 5) is 28.5. The third kappa shape index (κ3) is 2.83. The van der Waals surface area contributed by atoms with Gasteiger partial charge in [-0.3, -0.25) is 18.8 Å². The lowest BCUT2D eigenvalue weighted by Gasteiger charge is -2.07. The van der Waals surface area contributed by atoms with Gasteiger partial charge < -0.3 is 5.32 Å². The summed E-state index contributed by atoms with van der Waals surface area (Å²) in [7, 11) is 1.72. The molecule has 7 nitrogen and oxygen atoms in total. The molecule has 0 aliphatic rings. The van der Waals surface area contributed by atoms with Gasteiger partial charge in [0, 0.05) is 12.7 Å². The van der Waals surface area contributed by atoms with Gasteiger partial charge in [0.05, 0.1) is 12.0 Å². The summed E-state index contributed by atoms with van der Waals surface area (Å²) in [5, 5.41) is 6.71. The zero-order valence-corrected chi connectivity index (χ0v) is 12.6. The molecule has 2 heterocycles. The van der Waals surface area contributed by atoms with E-state index in [0.717, 1.165) is 5.69 Å². The minimum atomic E-state index is -0.410. The fourth-order valence-corrected chi connectivity index (χ4v) is 2.21. The van der Waals surface area contributed by atoms with Crippen LogP contribution < -0.4 is 10.9 Å². The molecule has 0 aliphatic heterocycles. The van der Waals surface area contributed by atoms with Crippen molar-refractivity contribution in [2.45, 2.75) is 13.5 Å². The maximum atomic E-state index is 12.8. The summed E-state index contributed by atoms with van der Waals surface area (Å²) >= 11 is 0. The van der Waals surface area contributed by atoms with Crippen molar-refractivity contribution in [1.82, 2.24) is 19.3 Å². The fourth-order valence-electron chi connectivity index (χ4n) is 2.21. The molecule has 1 aromatic carbocycles. The van der Waals surface area contributed by atoms with E-state index >= 15 is 0 Å². The number of aryl methyl sites for hydroxylation is 2. The highest BCUT2D eigenvalue weighted by Gasteiger charge is 2.13. The van der Waals surface area contributed by atoms with Gasteiger partial charge in [-0.05, 0) is 31.2 Å². The Hall–Kier alpha value is -3.03. The lowest BCUT2D eigenvalue weighted by atomic mass is 10.3. The van der Waals surface area contributed by atoms with Gasteiger partial charge >= 0.3 is 0 Å². The molecule has 8 heteroatoms. The van der Waals surface area contributed by atoms with E-state index in [2.05, 4.69) is 15.4 Å². The predicted octanol–water partition coefficient (Wildman–Crippen LogP) is 1.22. The van der Waals surface area contributed by atoms with E-state index in [4.69, 9.17) is 0 Å². The van der Waals surface area contributed by atoms with Crippen LogP contribution in [0.2, 0.25) is 0 Å². The molecule has 2 aromatic heterocycles. The first kappa shape index (κ1) is 14.9. The molecule has 1 N–H and O–H groups in total. The summed E-state index contributed by atoms with van der Waals surface area (Å²) in [5.41, 5.74) is 1.59. The number of nitrogens with one attached hydrogen (secondary N) is 1. The van der Waals surface area contributed by atoms with E-state index in [9.17, 15) is 14.0 Å². The number of fused-ring (bicyclic) bond motifs is 1. The lowest BCUT2D eigenvalue weighted by Crippen LogP contribution is -2.28. The van der Waals surface area contributed by atoms with Crippen LogP contribution in [-0.4, -0.2) is 25.2 Å². The Morgan fingerprint density at radius 2 is 1.96 bits per heavy atom. The minimum absolute atomic E-state index is 0.200. The van der Waals surface area contributed by atoms with Crippen LogP contribution in [0.5, 0.6) is 0 Å². The molecule has 0 saturated heterocycles. The maximum absolute atomic E-state index is 12.8. The van der Waals surface area contributed by atoms with Crippen LogP contribution >= 0.6 is 0 Å². The van der Waals surface area contributed by atoms with E-state index in [1.165, 1.54) is 35.2 Å². The number of halogens is 1. The van der Waals surface area contributed by atoms with Gasteiger partial charge in [-0.1, -0.05) is 0 Å². The summed E-state index contributed by atoms with van der Waals surface area (Å²) in [6, 6.07) is 5.37. The molecule has 3 aromatic rings. The number of carbonyl (C=O) groups is 1. The van der Waals surface area contributed by atoms with Crippen LogP contribution in [-0.2, 0) is 18.4 Å². The van der Waals surface area contributed by atoms with E-state index in [-0.39, 0.29) is 23.4 Å². The fraction of sp³-hybridized carbons (Fsp3) is 0.200. The summed E-state index contributed by atoms with van der Waals surface area (Å²) in [6.07, 6.45) is 1.32.